The first kappa shape index (κ1) is 17.9. The number of ether oxygens (including phenoxy) is 1. The third kappa shape index (κ3) is 5.02. The van der Waals surface area contributed by atoms with E-state index in [1.54, 1.807) is 0 Å². The van der Waals surface area contributed by atoms with E-state index in [0.29, 0.717) is 13.2 Å². The van der Waals surface area contributed by atoms with Crippen molar-refractivity contribution >= 4 is 15.9 Å². The van der Waals surface area contributed by atoms with Gasteiger partial charge in [0.25, 0.3) is 0 Å². The Bertz CT molecular complexity index is 737. The largest absolute Gasteiger partial charge is 0.375 e. The number of rotatable bonds is 7. The SMILES string of the molecule is NC(COCc1cccc(Br)c1)C(c1ccccc1)c1ccccc1. The molecule has 0 fully saturated rings. The zero-order valence-electron chi connectivity index (χ0n) is 14.0. The van der Waals surface area contributed by atoms with Crippen LogP contribution in [0.15, 0.2) is 89.4 Å². The number of halogens is 1. The lowest BCUT2D eigenvalue weighted by Gasteiger charge is -2.25. The van der Waals surface area contributed by atoms with Crippen LogP contribution in [-0.4, -0.2) is 12.6 Å². The molecule has 0 radical (unpaired) electrons. The molecule has 25 heavy (non-hydrogen) atoms. The molecule has 2 N–H and O–H groups in total. The molecule has 0 bridgehead atoms. The van der Waals surface area contributed by atoms with Crippen molar-refractivity contribution in [2.45, 2.75) is 18.6 Å². The van der Waals surface area contributed by atoms with Gasteiger partial charge in [-0.15, -0.1) is 0 Å². The molecular formula is C22H22BrNO. The van der Waals surface area contributed by atoms with E-state index >= 15 is 0 Å². The molecule has 2 nitrogen and oxygen atoms in total. The molecule has 0 amide bonds. The topological polar surface area (TPSA) is 35.2 Å². The van der Waals surface area contributed by atoms with Crippen LogP contribution in [0.5, 0.6) is 0 Å². The Labute approximate surface area is 157 Å². The van der Waals surface area contributed by atoms with E-state index < -0.39 is 0 Å². The fourth-order valence-corrected chi connectivity index (χ4v) is 3.49. The van der Waals surface area contributed by atoms with Crippen LogP contribution in [0, 0.1) is 0 Å². The van der Waals surface area contributed by atoms with E-state index in [-0.39, 0.29) is 12.0 Å². The first-order chi connectivity index (χ1) is 12.2. The second-order valence-electron chi connectivity index (χ2n) is 6.11. The molecule has 0 aliphatic rings. The second-order valence-corrected chi connectivity index (χ2v) is 7.02. The molecule has 0 aliphatic carbocycles. The van der Waals surface area contributed by atoms with E-state index in [4.69, 9.17) is 10.5 Å². The molecular weight excluding hydrogens is 374 g/mol. The van der Waals surface area contributed by atoms with E-state index in [1.165, 1.54) is 11.1 Å². The average Bonchev–Trinajstić information content (AvgIpc) is 2.64. The lowest BCUT2D eigenvalue weighted by atomic mass is 9.86. The number of hydrogen-bond acceptors (Lipinski definition) is 2. The first-order valence-corrected chi connectivity index (χ1v) is 9.21. The van der Waals surface area contributed by atoms with Gasteiger partial charge in [0.2, 0.25) is 0 Å². The monoisotopic (exact) mass is 395 g/mol. The molecule has 0 saturated carbocycles. The lowest BCUT2D eigenvalue weighted by Crippen LogP contribution is -2.34. The van der Waals surface area contributed by atoms with Gasteiger partial charge in [-0.2, -0.15) is 0 Å². The maximum atomic E-state index is 6.54. The summed E-state index contributed by atoms with van der Waals surface area (Å²) in [5, 5.41) is 0. The van der Waals surface area contributed by atoms with Crippen molar-refractivity contribution in [3.63, 3.8) is 0 Å². The highest BCUT2D eigenvalue weighted by atomic mass is 79.9. The Morgan fingerprint density at radius 1 is 0.800 bits per heavy atom. The van der Waals surface area contributed by atoms with Crippen molar-refractivity contribution in [3.05, 3.63) is 106 Å². The highest BCUT2D eigenvalue weighted by Gasteiger charge is 2.21. The van der Waals surface area contributed by atoms with Gasteiger partial charge in [-0.25, -0.2) is 0 Å². The lowest BCUT2D eigenvalue weighted by molar-refractivity contribution is 0.104. The Kier molecular flexibility index (Phi) is 6.40. The van der Waals surface area contributed by atoms with Gasteiger partial charge in [0.1, 0.15) is 0 Å². The molecule has 128 valence electrons. The van der Waals surface area contributed by atoms with Crippen molar-refractivity contribution in [2.75, 3.05) is 6.61 Å². The van der Waals surface area contributed by atoms with Gasteiger partial charge in [0.15, 0.2) is 0 Å². The molecule has 1 atom stereocenters. The quantitative estimate of drug-likeness (QED) is 0.601. The van der Waals surface area contributed by atoms with Gasteiger partial charge in [-0.1, -0.05) is 88.7 Å². The molecule has 3 heteroatoms. The Morgan fingerprint density at radius 2 is 1.40 bits per heavy atom. The minimum atomic E-state index is -0.114. The Balaban J connectivity index is 1.70. The maximum Gasteiger partial charge on any atom is 0.0718 e. The summed E-state index contributed by atoms with van der Waals surface area (Å²) in [6.07, 6.45) is 0. The standard InChI is InChI=1S/C22H22BrNO/c23-20-13-7-8-17(14-20)15-25-16-21(24)22(18-9-3-1-4-10-18)19-11-5-2-6-12-19/h1-14,21-22H,15-16,24H2. The third-order valence-electron chi connectivity index (χ3n) is 4.21. The summed E-state index contributed by atoms with van der Waals surface area (Å²) >= 11 is 3.49. The summed E-state index contributed by atoms with van der Waals surface area (Å²) in [6.45, 7) is 1.06. The van der Waals surface area contributed by atoms with Gasteiger partial charge in [0, 0.05) is 16.4 Å². The highest BCUT2D eigenvalue weighted by molar-refractivity contribution is 9.10. The molecule has 0 heterocycles. The van der Waals surface area contributed by atoms with Crippen LogP contribution in [-0.2, 0) is 11.3 Å². The summed E-state index contributed by atoms with van der Waals surface area (Å²) in [5.74, 6) is 0.116. The van der Waals surface area contributed by atoms with Crippen molar-refractivity contribution < 1.29 is 4.74 Å². The minimum Gasteiger partial charge on any atom is -0.375 e. The van der Waals surface area contributed by atoms with E-state index in [0.717, 1.165) is 10.0 Å². The van der Waals surface area contributed by atoms with Crippen LogP contribution in [0.3, 0.4) is 0 Å². The maximum absolute atomic E-state index is 6.54. The Morgan fingerprint density at radius 3 is 1.96 bits per heavy atom. The minimum absolute atomic E-state index is 0.114. The van der Waals surface area contributed by atoms with Crippen molar-refractivity contribution in [1.29, 1.82) is 0 Å². The van der Waals surface area contributed by atoms with Crippen molar-refractivity contribution in [2.24, 2.45) is 5.73 Å². The third-order valence-corrected chi connectivity index (χ3v) is 4.71. The molecule has 0 aliphatic heterocycles. The van der Waals surface area contributed by atoms with Crippen LogP contribution in [0.25, 0.3) is 0 Å². The Hall–Kier alpha value is -1.94. The summed E-state index contributed by atoms with van der Waals surface area (Å²) in [6, 6.07) is 28.8. The van der Waals surface area contributed by atoms with Crippen molar-refractivity contribution in [3.8, 4) is 0 Å². The molecule has 0 saturated heterocycles. The van der Waals surface area contributed by atoms with Gasteiger partial charge in [0.05, 0.1) is 13.2 Å². The summed E-state index contributed by atoms with van der Waals surface area (Å²) < 4.78 is 6.97. The van der Waals surface area contributed by atoms with Crippen LogP contribution in [0.4, 0.5) is 0 Å². The van der Waals surface area contributed by atoms with Crippen LogP contribution in [0.2, 0.25) is 0 Å². The van der Waals surface area contributed by atoms with Gasteiger partial charge in [-0.05, 0) is 28.8 Å². The van der Waals surface area contributed by atoms with Gasteiger partial charge in [-0.3, -0.25) is 0 Å². The zero-order valence-corrected chi connectivity index (χ0v) is 15.6. The predicted octanol–water partition coefficient (Wildman–Crippen LogP) is 5.13. The fraction of sp³-hybridized carbons (Fsp3) is 0.182. The normalized spacial score (nSPS) is 12.3. The molecule has 0 aromatic heterocycles. The molecule has 3 aromatic rings. The van der Waals surface area contributed by atoms with Crippen LogP contribution < -0.4 is 5.73 Å². The van der Waals surface area contributed by atoms with Gasteiger partial charge < -0.3 is 10.5 Å². The van der Waals surface area contributed by atoms with Crippen molar-refractivity contribution in [1.82, 2.24) is 0 Å². The summed E-state index contributed by atoms with van der Waals surface area (Å²) in [7, 11) is 0. The summed E-state index contributed by atoms with van der Waals surface area (Å²) in [5.41, 5.74) is 10.1. The average molecular weight is 396 g/mol. The van der Waals surface area contributed by atoms with Gasteiger partial charge >= 0.3 is 0 Å². The number of hydrogen-bond donors (Lipinski definition) is 1. The predicted molar refractivity (Wildman–Crippen MR) is 107 cm³/mol. The van der Waals surface area contributed by atoms with Crippen LogP contribution >= 0.6 is 15.9 Å². The van der Waals surface area contributed by atoms with E-state index in [1.807, 2.05) is 24.3 Å². The molecule has 1 unspecified atom stereocenters. The summed E-state index contributed by atoms with van der Waals surface area (Å²) in [4.78, 5) is 0. The molecule has 0 spiro atoms. The smallest absolute Gasteiger partial charge is 0.0718 e. The molecule has 3 rings (SSSR count). The zero-order chi connectivity index (χ0) is 17.5. The second kappa shape index (κ2) is 8.95. The number of nitrogens with two attached hydrogens (primary N) is 1. The first-order valence-electron chi connectivity index (χ1n) is 8.41. The highest BCUT2D eigenvalue weighted by Crippen LogP contribution is 2.27. The van der Waals surface area contributed by atoms with E-state index in [2.05, 4.69) is 76.6 Å². The van der Waals surface area contributed by atoms with E-state index in [9.17, 15) is 0 Å². The number of benzene rings is 3. The molecule has 3 aromatic carbocycles. The fourth-order valence-electron chi connectivity index (χ4n) is 3.04. The van der Waals surface area contributed by atoms with Crippen LogP contribution in [0.1, 0.15) is 22.6 Å².